The van der Waals surface area contributed by atoms with Crippen molar-refractivity contribution in [1.29, 1.82) is 0 Å². The number of hydrogen-bond donors (Lipinski definition) is 2. The number of imide groups is 1. The molecule has 0 bridgehead atoms. The third kappa shape index (κ3) is 5.32. The van der Waals surface area contributed by atoms with Crippen LogP contribution in [0.15, 0.2) is 24.3 Å². The van der Waals surface area contributed by atoms with Gasteiger partial charge in [0.25, 0.3) is 0 Å². The fourth-order valence-corrected chi connectivity index (χ4v) is 2.53. The molecule has 1 aromatic rings. The number of anilines is 1. The highest BCUT2D eigenvalue weighted by Crippen LogP contribution is 2.17. The van der Waals surface area contributed by atoms with Gasteiger partial charge in [0.15, 0.2) is 0 Å². The van der Waals surface area contributed by atoms with E-state index in [2.05, 4.69) is 5.32 Å². The number of halogens is 1. The van der Waals surface area contributed by atoms with Gasteiger partial charge in [-0.1, -0.05) is 26.0 Å². The molecule has 1 atom stereocenters. The summed E-state index contributed by atoms with van der Waals surface area (Å²) < 4.78 is 0. The highest BCUT2D eigenvalue weighted by molar-refractivity contribution is 6.01. The van der Waals surface area contributed by atoms with E-state index in [1.54, 1.807) is 24.3 Å². The minimum atomic E-state index is -0.533. The maximum atomic E-state index is 12.0. The number of carbonyl (C=O) groups excluding carboxylic acids is 3. The fourth-order valence-electron chi connectivity index (χ4n) is 2.53. The van der Waals surface area contributed by atoms with Crippen LogP contribution in [0, 0.1) is 5.92 Å². The van der Waals surface area contributed by atoms with E-state index in [0.717, 1.165) is 5.56 Å². The number of likely N-dealkylation sites (tertiary alicyclic amines) is 1. The Balaban J connectivity index is 0.00000288. The normalized spacial score (nSPS) is 15.4. The second kappa shape index (κ2) is 8.80. The van der Waals surface area contributed by atoms with Crippen LogP contribution in [0.1, 0.15) is 38.7 Å². The fraction of sp³-hybridized carbons (Fsp3) is 0.471. The van der Waals surface area contributed by atoms with Gasteiger partial charge in [-0.05, 0) is 30.0 Å². The molecule has 1 aliphatic heterocycles. The van der Waals surface area contributed by atoms with Gasteiger partial charge in [0.05, 0.1) is 12.6 Å². The largest absolute Gasteiger partial charge is 0.325 e. The minimum absolute atomic E-state index is 0. The molecule has 0 saturated carbocycles. The number of nitrogens with one attached hydrogen (secondary N) is 1. The first-order valence-corrected chi connectivity index (χ1v) is 7.85. The Hall–Kier alpha value is -1.92. The first-order chi connectivity index (χ1) is 10.9. The molecule has 0 radical (unpaired) electrons. The van der Waals surface area contributed by atoms with E-state index >= 15 is 0 Å². The van der Waals surface area contributed by atoms with Crippen LogP contribution in [-0.2, 0) is 20.9 Å². The number of rotatable bonds is 6. The Morgan fingerprint density at radius 3 is 2.21 bits per heavy atom. The van der Waals surface area contributed by atoms with Crippen molar-refractivity contribution >= 4 is 35.8 Å². The number of nitrogens with two attached hydrogens (primary N) is 1. The third-order valence-electron chi connectivity index (χ3n) is 3.78. The quantitative estimate of drug-likeness (QED) is 0.766. The third-order valence-corrected chi connectivity index (χ3v) is 3.78. The van der Waals surface area contributed by atoms with E-state index in [-0.39, 0.29) is 36.7 Å². The number of benzene rings is 1. The van der Waals surface area contributed by atoms with Crippen LogP contribution in [0.5, 0.6) is 0 Å². The van der Waals surface area contributed by atoms with Crippen LogP contribution in [0.2, 0.25) is 0 Å². The van der Waals surface area contributed by atoms with Crippen molar-refractivity contribution in [2.24, 2.45) is 11.7 Å². The molecular weight excluding hydrogens is 330 g/mol. The van der Waals surface area contributed by atoms with Gasteiger partial charge < -0.3 is 11.1 Å². The number of amides is 3. The average molecular weight is 354 g/mol. The summed E-state index contributed by atoms with van der Waals surface area (Å²) in [5.41, 5.74) is 7.34. The molecule has 1 aliphatic rings. The maximum absolute atomic E-state index is 12.0. The van der Waals surface area contributed by atoms with Crippen molar-refractivity contribution in [3.8, 4) is 0 Å². The number of nitrogens with zero attached hydrogens (tertiary/aromatic N) is 1. The van der Waals surface area contributed by atoms with E-state index in [1.165, 1.54) is 4.90 Å². The molecule has 0 aliphatic carbocycles. The van der Waals surface area contributed by atoms with E-state index in [0.29, 0.717) is 30.9 Å². The van der Waals surface area contributed by atoms with Gasteiger partial charge in [0.2, 0.25) is 17.7 Å². The Morgan fingerprint density at radius 2 is 1.71 bits per heavy atom. The van der Waals surface area contributed by atoms with Gasteiger partial charge in [0, 0.05) is 18.5 Å². The molecule has 1 fully saturated rings. The molecule has 7 heteroatoms. The summed E-state index contributed by atoms with van der Waals surface area (Å²) >= 11 is 0. The topological polar surface area (TPSA) is 92.5 Å². The highest BCUT2D eigenvalue weighted by atomic mass is 35.5. The molecule has 0 spiro atoms. The molecule has 24 heavy (non-hydrogen) atoms. The summed E-state index contributed by atoms with van der Waals surface area (Å²) in [4.78, 5) is 36.4. The molecule has 2 rings (SSSR count). The lowest BCUT2D eigenvalue weighted by molar-refractivity contribution is -0.139. The van der Waals surface area contributed by atoms with Crippen molar-refractivity contribution in [1.82, 2.24) is 4.90 Å². The van der Waals surface area contributed by atoms with Crippen molar-refractivity contribution in [3.05, 3.63) is 29.8 Å². The van der Waals surface area contributed by atoms with Crippen LogP contribution in [0.4, 0.5) is 5.69 Å². The molecule has 1 aromatic carbocycles. The summed E-state index contributed by atoms with van der Waals surface area (Å²) in [7, 11) is 0. The standard InChI is InChI=1S/C17H23N3O3.ClH/c1-11(2)9-14(18)17(23)19-13-5-3-12(4-6-13)10-20-15(21)7-8-16(20)22;/h3-6,11,14H,7-10,18H2,1-2H3,(H,19,23);1H/t14-;/m0./s1. The summed E-state index contributed by atoms with van der Waals surface area (Å²) in [6, 6.07) is 6.56. The molecule has 1 heterocycles. The van der Waals surface area contributed by atoms with Gasteiger partial charge in [-0.3, -0.25) is 19.3 Å². The summed E-state index contributed by atoms with van der Waals surface area (Å²) in [6.45, 7) is 4.31. The highest BCUT2D eigenvalue weighted by Gasteiger charge is 2.28. The Labute approximate surface area is 148 Å². The molecule has 0 unspecified atom stereocenters. The van der Waals surface area contributed by atoms with Gasteiger partial charge in [0.1, 0.15) is 0 Å². The molecule has 3 amide bonds. The summed E-state index contributed by atoms with van der Waals surface area (Å²) in [5, 5.41) is 2.77. The smallest absolute Gasteiger partial charge is 0.241 e. The summed E-state index contributed by atoms with van der Waals surface area (Å²) in [5.74, 6) is -0.121. The lowest BCUT2D eigenvalue weighted by Gasteiger charge is -2.15. The van der Waals surface area contributed by atoms with Crippen LogP contribution >= 0.6 is 12.4 Å². The Morgan fingerprint density at radius 1 is 1.17 bits per heavy atom. The van der Waals surface area contributed by atoms with Crippen molar-refractivity contribution in [2.45, 2.75) is 45.7 Å². The van der Waals surface area contributed by atoms with Crippen LogP contribution in [-0.4, -0.2) is 28.7 Å². The van der Waals surface area contributed by atoms with E-state index in [9.17, 15) is 14.4 Å². The van der Waals surface area contributed by atoms with Crippen LogP contribution < -0.4 is 11.1 Å². The first kappa shape index (κ1) is 20.1. The zero-order valence-electron chi connectivity index (χ0n) is 14.0. The SMILES string of the molecule is CC(C)C[C@H](N)C(=O)Nc1ccc(CN2C(=O)CCC2=O)cc1.Cl. The van der Waals surface area contributed by atoms with Crippen LogP contribution in [0.3, 0.4) is 0 Å². The molecule has 3 N–H and O–H groups in total. The van der Waals surface area contributed by atoms with E-state index in [1.807, 2.05) is 13.8 Å². The number of hydrogen-bond acceptors (Lipinski definition) is 4. The van der Waals surface area contributed by atoms with Gasteiger partial charge >= 0.3 is 0 Å². The van der Waals surface area contributed by atoms with Gasteiger partial charge in [-0.2, -0.15) is 0 Å². The summed E-state index contributed by atoms with van der Waals surface area (Å²) in [6.07, 6.45) is 1.21. The van der Waals surface area contributed by atoms with Gasteiger partial charge in [-0.25, -0.2) is 0 Å². The van der Waals surface area contributed by atoms with E-state index < -0.39 is 6.04 Å². The first-order valence-electron chi connectivity index (χ1n) is 7.85. The van der Waals surface area contributed by atoms with Crippen molar-refractivity contribution in [3.63, 3.8) is 0 Å². The zero-order chi connectivity index (χ0) is 17.0. The Bertz CT molecular complexity index is 586. The lowest BCUT2D eigenvalue weighted by atomic mass is 10.0. The second-order valence-corrected chi connectivity index (χ2v) is 6.30. The zero-order valence-corrected chi connectivity index (χ0v) is 14.8. The van der Waals surface area contributed by atoms with E-state index in [4.69, 9.17) is 5.73 Å². The molecule has 132 valence electrons. The average Bonchev–Trinajstić information content (AvgIpc) is 2.80. The molecule has 6 nitrogen and oxygen atoms in total. The molecule has 0 aromatic heterocycles. The maximum Gasteiger partial charge on any atom is 0.241 e. The van der Waals surface area contributed by atoms with Gasteiger partial charge in [-0.15, -0.1) is 12.4 Å². The number of carbonyl (C=O) groups is 3. The minimum Gasteiger partial charge on any atom is -0.325 e. The van der Waals surface area contributed by atoms with Crippen molar-refractivity contribution in [2.75, 3.05) is 5.32 Å². The predicted molar refractivity (Wildman–Crippen MR) is 94.5 cm³/mol. The van der Waals surface area contributed by atoms with Crippen molar-refractivity contribution < 1.29 is 14.4 Å². The predicted octanol–water partition coefficient (Wildman–Crippen LogP) is 2.07. The molecule has 1 saturated heterocycles. The molecular formula is C17H24ClN3O3. The second-order valence-electron chi connectivity index (χ2n) is 6.30. The monoisotopic (exact) mass is 353 g/mol. The lowest BCUT2D eigenvalue weighted by Crippen LogP contribution is -2.36. The Kier molecular flexibility index (Phi) is 7.38. The van der Waals surface area contributed by atoms with Crippen LogP contribution in [0.25, 0.3) is 0 Å².